The van der Waals surface area contributed by atoms with Crippen LogP contribution < -0.4 is 5.73 Å². The van der Waals surface area contributed by atoms with Crippen LogP contribution in [0.2, 0.25) is 10.0 Å². The first-order valence-electron chi connectivity index (χ1n) is 6.58. The smallest absolute Gasteiger partial charge is 0.182 e. The Labute approximate surface area is 133 Å². The Morgan fingerprint density at radius 2 is 2.10 bits per heavy atom. The quantitative estimate of drug-likeness (QED) is 0.651. The van der Waals surface area contributed by atoms with Gasteiger partial charge in [-0.25, -0.2) is 4.68 Å². The van der Waals surface area contributed by atoms with E-state index in [0.29, 0.717) is 47.2 Å². The molecular weight excluding hydrogens is 313 g/mol. The number of benzene rings is 1. The number of aromatic nitrogens is 4. The zero-order chi connectivity index (χ0) is 15.4. The number of hydrogen-bond donors (Lipinski definition) is 1. The molecule has 0 aliphatic rings. The van der Waals surface area contributed by atoms with E-state index in [4.69, 9.17) is 33.7 Å². The molecule has 0 aliphatic carbocycles. The van der Waals surface area contributed by atoms with E-state index in [1.807, 2.05) is 0 Å². The molecule has 114 valence electrons. The minimum absolute atomic E-state index is 0.333. The fraction of sp³-hybridized carbons (Fsp3) is 0.462. The van der Waals surface area contributed by atoms with Gasteiger partial charge in [0.05, 0.1) is 28.9 Å². The SMILES string of the molecule is CC(C)COCCn1nnnc1-c1cc(N)c(Cl)c(Cl)c1. The highest BCUT2D eigenvalue weighted by atomic mass is 35.5. The number of hydrogen-bond acceptors (Lipinski definition) is 5. The third-order valence-corrected chi connectivity index (χ3v) is 3.56. The van der Waals surface area contributed by atoms with Crippen LogP contribution in [0.5, 0.6) is 0 Å². The monoisotopic (exact) mass is 329 g/mol. The Morgan fingerprint density at radius 3 is 2.76 bits per heavy atom. The molecule has 1 heterocycles. The van der Waals surface area contributed by atoms with Crippen LogP contribution in [0.15, 0.2) is 12.1 Å². The molecule has 2 aromatic rings. The maximum Gasteiger partial charge on any atom is 0.182 e. The molecule has 1 aromatic heterocycles. The standard InChI is InChI=1S/C13H17Cl2N5O/c1-8(2)7-21-4-3-20-13(17-18-19-20)9-5-10(14)12(15)11(16)6-9/h5-6,8H,3-4,7,16H2,1-2H3. The van der Waals surface area contributed by atoms with Gasteiger partial charge in [0, 0.05) is 12.2 Å². The third kappa shape index (κ3) is 4.06. The van der Waals surface area contributed by atoms with Crippen molar-refractivity contribution in [1.82, 2.24) is 20.2 Å². The zero-order valence-corrected chi connectivity index (χ0v) is 13.4. The Hall–Kier alpha value is -1.37. The van der Waals surface area contributed by atoms with Crippen LogP contribution in [0.3, 0.4) is 0 Å². The lowest BCUT2D eigenvalue weighted by Crippen LogP contribution is -2.11. The van der Waals surface area contributed by atoms with E-state index < -0.39 is 0 Å². The maximum atomic E-state index is 6.04. The van der Waals surface area contributed by atoms with Crippen molar-refractivity contribution in [3.8, 4) is 11.4 Å². The molecular formula is C13H17Cl2N5O. The Kier molecular flexibility index (Phi) is 5.39. The first-order chi connectivity index (χ1) is 9.99. The maximum absolute atomic E-state index is 6.04. The van der Waals surface area contributed by atoms with E-state index in [-0.39, 0.29) is 0 Å². The van der Waals surface area contributed by atoms with Crippen molar-refractivity contribution >= 4 is 28.9 Å². The lowest BCUT2D eigenvalue weighted by Gasteiger charge is -2.09. The zero-order valence-electron chi connectivity index (χ0n) is 11.9. The van der Waals surface area contributed by atoms with Crippen molar-refractivity contribution in [3.63, 3.8) is 0 Å². The molecule has 6 nitrogen and oxygen atoms in total. The number of anilines is 1. The fourth-order valence-electron chi connectivity index (χ4n) is 1.77. The molecule has 0 spiro atoms. The highest BCUT2D eigenvalue weighted by molar-refractivity contribution is 6.43. The first-order valence-corrected chi connectivity index (χ1v) is 7.33. The van der Waals surface area contributed by atoms with Gasteiger partial charge in [-0.05, 0) is 28.5 Å². The highest BCUT2D eigenvalue weighted by Gasteiger charge is 2.13. The predicted octanol–water partition coefficient (Wildman–Crippen LogP) is 2.90. The number of rotatable bonds is 6. The molecule has 2 rings (SSSR count). The molecule has 21 heavy (non-hydrogen) atoms. The van der Waals surface area contributed by atoms with Crippen LogP contribution in [0.1, 0.15) is 13.8 Å². The lowest BCUT2D eigenvalue weighted by atomic mass is 10.2. The second-order valence-electron chi connectivity index (χ2n) is 5.06. The van der Waals surface area contributed by atoms with E-state index in [1.165, 1.54) is 0 Å². The molecule has 0 atom stereocenters. The summed E-state index contributed by atoms with van der Waals surface area (Å²) < 4.78 is 7.19. The minimum atomic E-state index is 0.333. The number of nitrogen functional groups attached to an aromatic ring is 1. The highest BCUT2D eigenvalue weighted by Crippen LogP contribution is 2.32. The van der Waals surface area contributed by atoms with E-state index in [2.05, 4.69) is 29.4 Å². The topological polar surface area (TPSA) is 78.8 Å². The number of tetrazole rings is 1. The molecule has 2 N–H and O–H groups in total. The summed E-state index contributed by atoms with van der Waals surface area (Å²) in [6.07, 6.45) is 0. The van der Waals surface area contributed by atoms with Crippen molar-refractivity contribution in [2.45, 2.75) is 20.4 Å². The van der Waals surface area contributed by atoms with Crippen LogP contribution in [-0.2, 0) is 11.3 Å². The van der Waals surface area contributed by atoms with Crippen molar-refractivity contribution in [2.24, 2.45) is 5.92 Å². The van der Waals surface area contributed by atoms with E-state index in [0.717, 1.165) is 5.56 Å². The van der Waals surface area contributed by atoms with Crippen molar-refractivity contribution in [2.75, 3.05) is 18.9 Å². The van der Waals surface area contributed by atoms with Crippen molar-refractivity contribution in [3.05, 3.63) is 22.2 Å². The minimum Gasteiger partial charge on any atom is -0.397 e. The summed E-state index contributed by atoms with van der Waals surface area (Å²) in [7, 11) is 0. The van der Waals surface area contributed by atoms with Gasteiger partial charge in [0.15, 0.2) is 5.82 Å². The molecule has 0 saturated carbocycles. The summed E-state index contributed by atoms with van der Waals surface area (Å²) in [6, 6.07) is 3.39. The number of ether oxygens (including phenoxy) is 1. The lowest BCUT2D eigenvalue weighted by molar-refractivity contribution is 0.101. The van der Waals surface area contributed by atoms with Gasteiger partial charge >= 0.3 is 0 Å². The van der Waals surface area contributed by atoms with Gasteiger partial charge < -0.3 is 10.5 Å². The van der Waals surface area contributed by atoms with Gasteiger partial charge in [-0.1, -0.05) is 37.0 Å². The van der Waals surface area contributed by atoms with Gasteiger partial charge in [-0.15, -0.1) is 5.10 Å². The molecule has 0 fully saturated rings. The molecule has 1 aromatic carbocycles. The number of halogens is 2. The largest absolute Gasteiger partial charge is 0.397 e. The fourth-order valence-corrected chi connectivity index (χ4v) is 2.11. The average molecular weight is 330 g/mol. The second-order valence-corrected chi connectivity index (χ2v) is 5.84. The van der Waals surface area contributed by atoms with Gasteiger partial charge in [0.2, 0.25) is 0 Å². The number of nitrogens with zero attached hydrogens (tertiary/aromatic N) is 4. The first kappa shape index (κ1) is 16.0. The summed E-state index contributed by atoms with van der Waals surface area (Å²) in [5, 5.41) is 12.3. The van der Waals surface area contributed by atoms with Crippen LogP contribution in [-0.4, -0.2) is 33.4 Å². The molecule has 0 aliphatic heterocycles. The third-order valence-electron chi connectivity index (χ3n) is 2.75. The summed E-state index contributed by atoms with van der Waals surface area (Å²) in [4.78, 5) is 0. The predicted molar refractivity (Wildman–Crippen MR) is 83.3 cm³/mol. The summed E-state index contributed by atoms with van der Waals surface area (Å²) in [5.41, 5.74) is 6.93. The van der Waals surface area contributed by atoms with Crippen LogP contribution >= 0.6 is 23.2 Å². The summed E-state index contributed by atoms with van der Waals surface area (Å²) in [6.45, 7) is 5.99. The van der Waals surface area contributed by atoms with E-state index in [9.17, 15) is 0 Å². The van der Waals surface area contributed by atoms with Crippen LogP contribution in [0.25, 0.3) is 11.4 Å². The Bertz CT molecular complexity index is 591. The second kappa shape index (κ2) is 7.06. The van der Waals surface area contributed by atoms with Gasteiger partial charge in [0.1, 0.15) is 0 Å². The van der Waals surface area contributed by atoms with Crippen LogP contribution in [0.4, 0.5) is 5.69 Å². The molecule has 0 unspecified atom stereocenters. The van der Waals surface area contributed by atoms with Crippen molar-refractivity contribution in [1.29, 1.82) is 0 Å². The van der Waals surface area contributed by atoms with E-state index >= 15 is 0 Å². The van der Waals surface area contributed by atoms with Crippen molar-refractivity contribution < 1.29 is 4.74 Å². The molecule has 8 heteroatoms. The normalized spacial score (nSPS) is 11.3. The molecule has 0 bridgehead atoms. The molecule has 0 saturated heterocycles. The summed E-state index contributed by atoms with van der Waals surface area (Å²) >= 11 is 12.0. The Morgan fingerprint density at radius 1 is 1.33 bits per heavy atom. The van der Waals surface area contributed by atoms with Gasteiger partial charge in [-0.2, -0.15) is 0 Å². The van der Waals surface area contributed by atoms with Gasteiger partial charge in [0.25, 0.3) is 0 Å². The average Bonchev–Trinajstić information content (AvgIpc) is 2.88. The Balaban J connectivity index is 2.13. The van der Waals surface area contributed by atoms with Gasteiger partial charge in [-0.3, -0.25) is 0 Å². The van der Waals surface area contributed by atoms with E-state index in [1.54, 1.807) is 16.8 Å². The molecule has 0 amide bonds. The molecule has 0 radical (unpaired) electrons. The van der Waals surface area contributed by atoms with Crippen LogP contribution in [0, 0.1) is 5.92 Å². The summed E-state index contributed by atoms with van der Waals surface area (Å²) in [5.74, 6) is 1.07. The number of nitrogens with two attached hydrogens (primary N) is 1.